The molecule has 4 rings (SSSR count). The maximum atomic E-state index is 11.8. The number of hydrogen-bond donors (Lipinski definition) is 1. The summed E-state index contributed by atoms with van der Waals surface area (Å²) in [6.07, 6.45) is 1.59. The summed E-state index contributed by atoms with van der Waals surface area (Å²) in [5, 5.41) is 5.27. The highest BCUT2D eigenvalue weighted by molar-refractivity contribution is 8.14. The van der Waals surface area contributed by atoms with Gasteiger partial charge in [-0.2, -0.15) is 5.10 Å². The lowest BCUT2D eigenvalue weighted by Crippen LogP contribution is -2.25. The Bertz CT molecular complexity index is 872. The molecule has 0 saturated carbocycles. The Labute approximate surface area is 157 Å². The zero-order valence-corrected chi connectivity index (χ0v) is 15.4. The molecule has 2 aliphatic heterocycles. The van der Waals surface area contributed by atoms with Gasteiger partial charge >= 0.3 is 0 Å². The first-order valence-electron chi connectivity index (χ1n) is 8.70. The van der Waals surface area contributed by atoms with Gasteiger partial charge in [-0.25, -0.2) is 4.99 Å². The Hall–Kier alpha value is -2.60. The third kappa shape index (κ3) is 3.65. The first-order valence-corrected chi connectivity index (χ1v) is 9.69. The number of amidine groups is 1. The number of aryl methyl sites for hydroxylation is 1. The molecule has 0 atom stereocenters. The van der Waals surface area contributed by atoms with E-state index in [9.17, 15) is 4.79 Å². The molecule has 1 amide bonds. The summed E-state index contributed by atoms with van der Waals surface area (Å²) in [5.74, 6) is 0.974. The molecule has 0 bridgehead atoms. The van der Waals surface area contributed by atoms with Crippen molar-refractivity contribution in [3.63, 3.8) is 0 Å². The van der Waals surface area contributed by atoms with Gasteiger partial charge in [0, 0.05) is 24.4 Å². The standard InChI is InChI=1S/C20H20N4OS/c1-14-4-8-16(9-5-14)21-20-23-22-18(13-26-20)15-6-10-17(11-7-15)24-12-2-3-19(24)25/h4-11H,2-3,12-13H2,1H3,(H,21,23). The molecular formula is C20H20N4OS. The van der Waals surface area contributed by atoms with Crippen molar-refractivity contribution in [3.05, 3.63) is 59.7 Å². The summed E-state index contributed by atoms with van der Waals surface area (Å²) < 4.78 is 0. The highest BCUT2D eigenvalue weighted by Gasteiger charge is 2.21. The highest BCUT2D eigenvalue weighted by atomic mass is 32.2. The number of nitrogens with one attached hydrogen (secondary N) is 1. The summed E-state index contributed by atoms with van der Waals surface area (Å²) in [6, 6.07) is 16.2. The molecule has 1 fully saturated rings. The van der Waals surface area contributed by atoms with E-state index in [1.807, 2.05) is 53.4 Å². The maximum Gasteiger partial charge on any atom is 0.227 e. The van der Waals surface area contributed by atoms with Gasteiger partial charge in [0.05, 0.1) is 11.4 Å². The van der Waals surface area contributed by atoms with E-state index in [4.69, 9.17) is 0 Å². The Morgan fingerprint density at radius 1 is 1.12 bits per heavy atom. The quantitative estimate of drug-likeness (QED) is 0.900. The number of rotatable bonds is 3. The lowest BCUT2D eigenvalue weighted by molar-refractivity contribution is -0.117. The van der Waals surface area contributed by atoms with Crippen LogP contribution in [0.2, 0.25) is 0 Å². The van der Waals surface area contributed by atoms with Gasteiger partial charge in [0.1, 0.15) is 0 Å². The van der Waals surface area contributed by atoms with Crippen LogP contribution in [0.4, 0.5) is 11.4 Å². The van der Waals surface area contributed by atoms with E-state index in [0.29, 0.717) is 6.42 Å². The van der Waals surface area contributed by atoms with Crippen LogP contribution in [0.3, 0.4) is 0 Å². The van der Waals surface area contributed by atoms with Crippen LogP contribution in [0.1, 0.15) is 24.0 Å². The van der Waals surface area contributed by atoms with Gasteiger partial charge in [-0.1, -0.05) is 41.6 Å². The van der Waals surface area contributed by atoms with Gasteiger partial charge in [0.2, 0.25) is 5.91 Å². The van der Waals surface area contributed by atoms with E-state index < -0.39 is 0 Å². The van der Waals surface area contributed by atoms with Crippen LogP contribution in [0, 0.1) is 6.92 Å². The topological polar surface area (TPSA) is 57.1 Å². The second-order valence-corrected chi connectivity index (χ2v) is 7.37. The number of hydrogen-bond acceptors (Lipinski definition) is 4. The SMILES string of the molecule is Cc1ccc(N=C2NN=C(c3ccc(N4CCCC4=O)cc3)CS2)cc1. The van der Waals surface area contributed by atoms with Crippen molar-refractivity contribution in [1.29, 1.82) is 0 Å². The van der Waals surface area contributed by atoms with Gasteiger partial charge in [0.15, 0.2) is 5.17 Å². The normalized spacial score (nSPS) is 18.8. The number of anilines is 1. The molecule has 0 radical (unpaired) electrons. The Morgan fingerprint density at radius 2 is 1.88 bits per heavy atom. The second-order valence-electron chi connectivity index (χ2n) is 6.41. The molecular weight excluding hydrogens is 344 g/mol. The number of thioether (sulfide) groups is 1. The van der Waals surface area contributed by atoms with Crippen molar-refractivity contribution in [1.82, 2.24) is 5.43 Å². The number of benzene rings is 2. The van der Waals surface area contributed by atoms with Crippen molar-refractivity contribution >= 4 is 39.9 Å². The summed E-state index contributed by atoms with van der Waals surface area (Å²) in [6.45, 7) is 2.88. The second kappa shape index (κ2) is 7.33. The number of carbonyl (C=O) groups is 1. The minimum absolute atomic E-state index is 0.210. The number of nitrogens with zero attached hydrogens (tertiary/aromatic N) is 3. The fourth-order valence-electron chi connectivity index (χ4n) is 3.01. The largest absolute Gasteiger partial charge is 0.312 e. The Balaban J connectivity index is 1.45. The zero-order chi connectivity index (χ0) is 17.9. The molecule has 5 nitrogen and oxygen atoms in total. The molecule has 6 heteroatoms. The van der Waals surface area contributed by atoms with Crippen LogP contribution in [0.15, 0.2) is 58.6 Å². The van der Waals surface area contributed by atoms with Crippen molar-refractivity contribution in [2.24, 2.45) is 10.1 Å². The summed E-state index contributed by atoms with van der Waals surface area (Å²) in [5.41, 5.74) is 8.20. The minimum Gasteiger partial charge on any atom is -0.312 e. The van der Waals surface area contributed by atoms with Crippen molar-refractivity contribution in [2.45, 2.75) is 19.8 Å². The summed E-state index contributed by atoms with van der Waals surface area (Å²) >= 11 is 1.64. The molecule has 2 aromatic rings. The van der Waals surface area contributed by atoms with Crippen LogP contribution < -0.4 is 10.3 Å². The predicted molar refractivity (Wildman–Crippen MR) is 108 cm³/mol. The summed E-state index contributed by atoms with van der Waals surface area (Å²) in [7, 11) is 0. The number of amides is 1. The first-order chi connectivity index (χ1) is 12.7. The van der Waals surface area contributed by atoms with E-state index >= 15 is 0 Å². The van der Waals surface area contributed by atoms with Crippen LogP contribution in [-0.2, 0) is 4.79 Å². The summed E-state index contributed by atoms with van der Waals surface area (Å²) in [4.78, 5) is 18.3. The van der Waals surface area contributed by atoms with E-state index in [0.717, 1.165) is 46.5 Å². The van der Waals surface area contributed by atoms with E-state index in [2.05, 4.69) is 22.4 Å². The van der Waals surface area contributed by atoms with E-state index in [-0.39, 0.29) is 5.91 Å². The van der Waals surface area contributed by atoms with Gasteiger partial charge in [-0.05, 0) is 43.2 Å². The fraction of sp³-hybridized carbons (Fsp3) is 0.250. The lowest BCUT2D eigenvalue weighted by Gasteiger charge is -2.18. The van der Waals surface area contributed by atoms with Gasteiger partial charge in [-0.3, -0.25) is 10.2 Å². The van der Waals surface area contributed by atoms with Gasteiger partial charge in [0.25, 0.3) is 0 Å². The van der Waals surface area contributed by atoms with Crippen molar-refractivity contribution < 1.29 is 4.79 Å². The molecule has 0 unspecified atom stereocenters. The van der Waals surface area contributed by atoms with Crippen molar-refractivity contribution in [3.8, 4) is 0 Å². The molecule has 1 N–H and O–H groups in total. The molecule has 0 spiro atoms. The van der Waals surface area contributed by atoms with Crippen LogP contribution in [-0.4, -0.2) is 29.1 Å². The Morgan fingerprint density at radius 3 is 2.50 bits per heavy atom. The van der Waals surface area contributed by atoms with Gasteiger partial charge < -0.3 is 4.90 Å². The highest BCUT2D eigenvalue weighted by Crippen LogP contribution is 2.23. The van der Waals surface area contributed by atoms with E-state index in [1.54, 1.807) is 11.8 Å². The molecule has 2 heterocycles. The number of hydrazone groups is 1. The third-order valence-corrected chi connectivity index (χ3v) is 5.36. The van der Waals surface area contributed by atoms with Crippen LogP contribution in [0.25, 0.3) is 0 Å². The monoisotopic (exact) mass is 364 g/mol. The fourth-order valence-corrected chi connectivity index (χ4v) is 3.80. The number of aliphatic imine (C=N–C) groups is 1. The van der Waals surface area contributed by atoms with Crippen molar-refractivity contribution in [2.75, 3.05) is 17.2 Å². The molecule has 2 aliphatic rings. The van der Waals surface area contributed by atoms with Gasteiger partial charge in [-0.15, -0.1) is 0 Å². The minimum atomic E-state index is 0.210. The molecule has 0 aliphatic carbocycles. The molecule has 132 valence electrons. The average molecular weight is 364 g/mol. The first kappa shape index (κ1) is 16.8. The molecule has 2 aromatic carbocycles. The average Bonchev–Trinajstić information content (AvgIpc) is 3.10. The third-order valence-electron chi connectivity index (χ3n) is 4.48. The molecule has 1 saturated heterocycles. The smallest absolute Gasteiger partial charge is 0.227 e. The van der Waals surface area contributed by atoms with E-state index in [1.165, 1.54) is 5.56 Å². The molecule has 26 heavy (non-hydrogen) atoms. The Kier molecular flexibility index (Phi) is 4.75. The predicted octanol–water partition coefficient (Wildman–Crippen LogP) is 3.85. The maximum absolute atomic E-state index is 11.8. The zero-order valence-electron chi connectivity index (χ0n) is 14.6. The number of carbonyl (C=O) groups excluding carboxylic acids is 1. The van der Waals surface area contributed by atoms with Crippen LogP contribution in [0.5, 0.6) is 0 Å². The molecule has 0 aromatic heterocycles. The van der Waals surface area contributed by atoms with Crippen LogP contribution >= 0.6 is 11.8 Å². The lowest BCUT2D eigenvalue weighted by atomic mass is 10.1.